The molecule has 8 aromatic carbocycles. The fourth-order valence-electron chi connectivity index (χ4n) is 10.6. The summed E-state index contributed by atoms with van der Waals surface area (Å²) in [6, 6.07) is 70.8. The number of hydrogen-bond donors (Lipinski definition) is 1. The lowest BCUT2D eigenvalue weighted by atomic mass is 9.90. The van der Waals surface area contributed by atoms with Crippen LogP contribution in [0.15, 0.2) is 225 Å². The largest absolute Gasteiger partial charge is 0.396 e. The lowest BCUT2D eigenvalue weighted by Gasteiger charge is -2.15. The Labute approximate surface area is 405 Å². The Bertz CT molecular complexity index is 4160. The minimum Gasteiger partial charge on any atom is -0.396 e. The fourth-order valence-corrected chi connectivity index (χ4v) is 10.6. The van der Waals surface area contributed by atoms with E-state index < -0.39 is 0 Å². The van der Waals surface area contributed by atoms with Crippen molar-refractivity contribution in [1.29, 1.82) is 0 Å². The summed E-state index contributed by atoms with van der Waals surface area (Å²) in [6.07, 6.45) is 13.7. The average Bonchev–Trinajstić information content (AvgIpc) is 4.04. The lowest BCUT2D eigenvalue weighted by molar-refractivity contribution is 0.886. The molecule has 0 saturated carbocycles. The highest BCUT2D eigenvalue weighted by Crippen LogP contribution is 2.37. The zero-order valence-electron chi connectivity index (χ0n) is 38.3. The molecule has 0 spiro atoms. The highest BCUT2D eigenvalue weighted by atomic mass is 15.1. The average molecular weight is 899 g/mol. The van der Waals surface area contributed by atoms with E-state index in [-0.39, 0.29) is 5.92 Å². The molecule has 0 radical (unpaired) electrons. The highest BCUT2D eigenvalue weighted by molar-refractivity contribution is 6.09. The second-order valence-corrected chi connectivity index (χ2v) is 18.1. The van der Waals surface area contributed by atoms with Crippen LogP contribution < -0.4 is 16.3 Å². The number of nitrogen functional groups attached to an aromatic ring is 1. The van der Waals surface area contributed by atoms with Crippen LogP contribution in [0.5, 0.6) is 0 Å². The quantitative estimate of drug-likeness (QED) is 0.147. The summed E-state index contributed by atoms with van der Waals surface area (Å²) in [6.45, 7) is 4.49. The van der Waals surface area contributed by atoms with Gasteiger partial charge in [-0.3, -0.25) is 4.57 Å². The lowest BCUT2D eigenvalue weighted by Crippen LogP contribution is -2.32. The molecule has 2 N–H and O–H groups in total. The van der Waals surface area contributed by atoms with E-state index in [0.29, 0.717) is 5.95 Å². The molecular weight excluding hydrogens is 853 g/mol. The van der Waals surface area contributed by atoms with Crippen molar-refractivity contribution in [1.82, 2.24) is 23.7 Å². The predicted octanol–water partition coefficient (Wildman–Crippen LogP) is 13.9. The number of nitrogens with two attached hydrogens (primary N) is 1. The van der Waals surface area contributed by atoms with Crippen LogP contribution in [0.3, 0.4) is 0 Å². The van der Waals surface area contributed by atoms with Crippen LogP contribution in [0, 0.1) is 0 Å². The van der Waals surface area contributed by atoms with E-state index in [4.69, 9.17) is 15.7 Å². The summed E-state index contributed by atoms with van der Waals surface area (Å²) >= 11 is 0. The molecule has 0 aliphatic heterocycles. The summed E-state index contributed by atoms with van der Waals surface area (Å²) < 4.78 is 6.82. The van der Waals surface area contributed by atoms with E-state index in [0.717, 1.165) is 73.2 Å². The van der Waals surface area contributed by atoms with Gasteiger partial charge >= 0.3 is 0 Å². The van der Waals surface area contributed by atoms with Crippen LogP contribution in [0.4, 0.5) is 5.69 Å². The van der Waals surface area contributed by atoms with Crippen LogP contribution >= 0.6 is 0 Å². The SMILES string of the molecule is C=C(/C=C\c1c(N)c2ccccc2n1-c1ccccc1)c1cccc(-c2cnc(-n3c4c(c5cc(-c6ccccc6)ccc53)=CC(c3ccc5c(c3)c3ccccc3n5-c3ccccc3)CC=4)nc2)c1. The van der Waals surface area contributed by atoms with Crippen molar-refractivity contribution < 1.29 is 0 Å². The number of para-hydroxylation sites is 4. The fraction of sp³-hybridized carbons (Fsp3) is 0.0312. The van der Waals surface area contributed by atoms with E-state index in [9.17, 15) is 0 Å². The maximum absolute atomic E-state index is 6.80. The Balaban J connectivity index is 0.857. The van der Waals surface area contributed by atoms with Gasteiger partial charge in [-0.25, -0.2) is 9.97 Å². The first-order chi connectivity index (χ1) is 34.6. The van der Waals surface area contributed by atoms with E-state index in [1.807, 2.05) is 48.8 Å². The van der Waals surface area contributed by atoms with Gasteiger partial charge in [-0.2, -0.15) is 0 Å². The predicted molar refractivity (Wildman–Crippen MR) is 292 cm³/mol. The Hall–Kier alpha value is -9.26. The van der Waals surface area contributed by atoms with Gasteiger partial charge in [-0.1, -0.05) is 158 Å². The van der Waals surface area contributed by atoms with E-state index in [1.165, 1.54) is 49.1 Å². The van der Waals surface area contributed by atoms with Crippen LogP contribution in [-0.2, 0) is 0 Å². The molecule has 6 nitrogen and oxygen atoms in total. The van der Waals surface area contributed by atoms with Crippen molar-refractivity contribution >= 4 is 73.1 Å². The molecule has 1 unspecified atom stereocenters. The third-order valence-electron chi connectivity index (χ3n) is 14.0. The number of aromatic nitrogens is 5. The molecule has 12 aromatic rings. The molecule has 6 heteroatoms. The van der Waals surface area contributed by atoms with Crippen molar-refractivity contribution in [2.24, 2.45) is 0 Å². The minimum absolute atomic E-state index is 0.182. The standard InChI is InChI=1S/C64H46N6/c1-42(28-32-62-63(65)53-25-12-14-27-58(53)69(62)51-22-9-4-10-23-51)44-18-15-19-45(36-44)49-40-66-64(67-41-49)70-60-34-29-46(43-16-5-2-6-17-43)37-55(60)56-39-48(31-35-61(56)70)47-30-33-59-54(38-47)52-24-11-13-26-57(52)68(59)50-20-7-3-8-21-50/h2-30,32-41,48H,1,31,65H2/b32-28-. The summed E-state index contributed by atoms with van der Waals surface area (Å²) in [5.74, 6) is 0.817. The van der Waals surface area contributed by atoms with Gasteiger partial charge in [0.25, 0.3) is 0 Å². The summed E-state index contributed by atoms with van der Waals surface area (Å²) in [7, 11) is 0. The second kappa shape index (κ2) is 16.8. The third kappa shape index (κ3) is 6.88. The minimum atomic E-state index is 0.182. The van der Waals surface area contributed by atoms with E-state index >= 15 is 0 Å². The number of benzene rings is 8. The molecule has 0 fully saturated rings. The Morgan fingerprint density at radius 1 is 0.514 bits per heavy atom. The Morgan fingerprint density at radius 3 is 1.87 bits per heavy atom. The van der Waals surface area contributed by atoms with Gasteiger partial charge in [0.05, 0.1) is 38.8 Å². The van der Waals surface area contributed by atoms with Crippen LogP contribution in [0.2, 0.25) is 0 Å². The Kier molecular flexibility index (Phi) is 9.84. The summed E-state index contributed by atoms with van der Waals surface area (Å²) in [4.78, 5) is 10.2. The smallest absolute Gasteiger partial charge is 0.234 e. The molecule has 1 atom stereocenters. The van der Waals surface area contributed by atoms with Crippen molar-refractivity contribution in [3.63, 3.8) is 0 Å². The van der Waals surface area contributed by atoms with Gasteiger partial charge in [0, 0.05) is 62.0 Å². The van der Waals surface area contributed by atoms with Crippen LogP contribution in [0.1, 0.15) is 29.2 Å². The molecular formula is C64H46N6. The number of rotatable bonds is 9. The molecule has 1 aliphatic rings. The summed E-state index contributed by atoms with van der Waals surface area (Å²) in [5.41, 5.74) is 22.7. The zero-order chi connectivity index (χ0) is 46.7. The topological polar surface area (TPSA) is 66.6 Å². The number of anilines is 1. The maximum atomic E-state index is 6.80. The molecule has 0 bridgehead atoms. The van der Waals surface area contributed by atoms with Crippen LogP contribution in [-0.4, -0.2) is 23.7 Å². The number of allylic oxidation sites excluding steroid dienone is 2. The van der Waals surface area contributed by atoms with Crippen molar-refractivity contribution in [3.8, 4) is 39.6 Å². The first kappa shape index (κ1) is 41.0. The maximum Gasteiger partial charge on any atom is 0.234 e. The molecule has 4 aromatic heterocycles. The highest BCUT2D eigenvalue weighted by Gasteiger charge is 2.21. The molecule has 332 valence electrons. The number of fused-ring (bicyclic) bond motifs is 7. The molecule has 0 saturated heterocycles. The van der Waals surface area contributed by atoms with Gasteiger partial charge in [0.2, 0.25) is 5.95 Å². The molecule has 70 heavy (non-hydrogen) atoms. The molecule has 1 aliphatic carbocycles. The van der Waals surface area contributed by atoms with Gasteiger partial charge in [-0.15, -0.1) is 0 Å². The van der Waals surface area contributed by atoms with Crippen LogP contribution in [0.25, 0.3) is 107 Å². The molecule has 13 rings (SSSR count). The van der Waals surface area contributed by atoms with Gasteiger partial charge in [-0.05, 0) is 113 Å². The summed E-state index contributed by atoms with van der Waals surface area (Å²) in [5, 5.41) is 7.03. The van der Waals surface area contributed by atoms with Crippen molar-refractivity contribution in [2.45, 2.75) is 12.3 Å². The third-order valence-corrected chi connectivity index (χ3v) is 14.0. The van der Waals surface area contributed by atoms with E-state index in [1.54, 1.807) is 0 Å². The Morgan fingerprint density at radius 2 is 1.11 bits per heavy atom. The van der Waals surface area contributed by atoms with Crippen molar-refractivity contribution in [2.75, 3.05) is 5.73 Å². The normalized spacial score (nSPS) is 13.5. The van der Waals surface area contributed by atoms with Crippen molar-refractivity contribution in [3.05, 3.63) is 253 Å². The zero-order valence-corrected chi connectivity index (χ0v) is 38.3. The first-order valence-electron chi connectivity index (χ1n) is 23.8. The van der Waals surface area contributed by atoms with Gasteiger partial charge < -0.3 is 14.9 Å². The molecule has 0 amide bonds. The number of hydrogen-bond acceptors (Lipinski definition) is 3. The van der Waals surface area contributed by atoms with Gasteiger partial charge in [0.1, 0.15) is 0 Å². The second-order valence-electron chi connectivity index (χ2n) is 18.1. The number of nitrogens with zero attached hydrogens (tertiary/aromatic N) is 5. The van der Waals surface area contributed by atoms with E-state index in [2.05, 4.69) is 208 Å². The first-order valence-corrected chi connectivity index (χ1v) is 23.8. The molecule has 4 heterocycles. The monoisotopic (exact) mass is 898 g/mol. The van der Waals surface area contributed by atoms with Gasteiger partial charge in [0.15, 0.2) is 0 Å².